The Hall–Kier alpha value is 0.308. The van der Waals surface area contributed by atoms with Crippen LogP contribution in [0.3, 0.4) is 0 Å². The van der Waals surface area contributed by atoms with Gasteiger partial charge in [-0.3, -0.25) is 4.55 Å². The molecule has 64 valence electrons. The molecule has 0 aromatic carbocycles. The molecule has 0 aliphatic rings. The number of rotatable bonds is 0. The monoisotopic (exact) mass is 290 g/mol. The van der Waals surface area contributed by atoms with Gasteiger partial charge in [-0.2, -0.15) is 8.42 Å². The quantitative estimate of drug-likeness (QED) is 0.286. The van der Waals surface area contributed by atoms with E-state index in [0.29, 0.717) is 0 Å². The standard InChI is InChI=1S/FHO3S.FH.2H2O.O.Sb/c1-5(2,3)4;;;;;/h(H,2,3,4);1H;2*1H2;;/q;;;;;+3/p-3. The van der Waals surface area contributed by atoms with Gasteiger partial charge in [-0.25, -0.2) is 0 Å². The molecular weight excluding hydrogens is 288 g/mol. The van der Waals surface area contributed by atoms with E-state index in [1.54, 1.807) is 0 Å². The third-order valence-corrected chi connectivity index (χ3v) is 0. The summed E-state index contributed by atoms with van der Waals surface area (Å²) in [6.07, 6.45) is 0. The zero-order valence-corrected chi connectivity index (χ0v) is 7.55. The summed E-state index contributed by atoms with van der Waals surface area (Å²) >= 11 is -5.85. The molecule has 3 N–H and O–H groups in total. The van der Waals surface area contributed by atoms with Gasteiger partial charge in [0.05, 0.1) is 0 Å². The Morgan fingerprint density at radius 2 is 1.30 bits per heavy atom. The Bertz CT molecular complexity index is 194. The van der Waals surface area contributed by atoms with Crippen LogP contribution in [0, 0.1) is 0 Å². The SMILES string of the molecule is O=S(=O)(O)F.[O]=[Sb]([OH])([OH])[F]. The van der Waals surface area contributed by atoms with Gasteiger partial charge in [0.25, 0.3) is 0 Å². The van der Waals surface area contributed by atoms with Crippen LogP contribution in [0.15, 0.2) is 0 Å². The van der Waals surface area contributed by atoms with E-state index >= 15 is 0 Å². The zero-order chi connectivity index (χ0) is 9.00. The molecule has 0 unspecified atom stereocenters. The minimum absolute atomic E-state index is 5.17. The second-order valence-corrected chi connectivity index (χ2v) is 4.41. The molecule has 0 bridgehead atoms. The van der Waals surface area contributed by atoms with E-state index in [1.165, 1.54) is 0 Å². The van der Waals surface area contributed by atoms with E-state index in [2.05, 4.69) is 0 Å². The molecule has 0 radical (unpaired) electrons. The Morgan fingerprint density at radius 1 is 1.30 bits per heavy atom. The molecule has 6 nitrogen and oxygen atoms in total. The summed E-state index contributed by atoms with van der Waals surface area (Å²) in [5, 5.41) is 0. The molecule has 0 saturated heterocycles. The molecule has 0 amide bonds. The molecular formula is H3F2O6SSb. The third-order valence-electron chi connectivity index (χ3n) is 0. The number of halogens is 2. The van der Waals surface area contributed by atoms with Crippen molar-refractivity contribution >= 4 is 30.7 Å². The first-order chi connectivity index (χ1) is 4.00. The van der Waals surface area contributed by atoms with E-state index in [1.807, 2.05) is 0 Å². The van der Waals surface area contributed by atoms with Crippen molar-refractivity contribution in [1.29, 1.82) is 0 Å². The van der Waals surface area contributed by atoms with Crippen molar-refractivity contribution in [1.82, 2.24) is 0 Å². The van der Waals surface area contributed by atoms with Gasteiger partial charge in [0.1, 0.15) is 0 Å². The molecule has 0 aromatic heterocycles. The maximum absolute atomic E-state index is 10.4. The summed E-state index contributed by atoms with van der Waals surface area (Å²) in [6.45, 7) is 0. The maximum atomic E-state index is 10.4. The fourth-order valence-corrected chi connectivity index (χ4v) is 0. The molecule has 0 rings (SSSR count). The molecule has 0 aliphatic carbocycles. The van der Waals surface area contributed by atoms with Gasteiger partial charge in [-0.05, 0) is 0 Å². The Kier molecular flexibility index (Phi) is 5.49. The van der Waals surface area contributed by atoms with Gasteiger partial charge in [0.15, 0.2) is 0 Å². The first kappa shape index (κ1) is 12.9. The van der Waals surface area contributed by atoms with Crippen molar-refractivity contribution in [2.24, 2.45) is 0 Å². The van der Waals surface area contributed by atoms with Gasteiger partial charge in [-0.1, -0.05) is 3.89 Å². The summed E-state index contributed by atoms with van der Waals surface area (Å²) in [7, 11) is -5.17. The third kappa shape index (κ3) is 4670. The van der Waals surface area contributed by atoms with Crippen LogP contribution in [0.25, 0.3) is 0 Å². The summed E-state index contributed by atoms with van der Waals surface area (Å²) in [4.78, 5) is 0. The molecule has 10 heteroatoms. The van der Waals surface area contributed by atoms with Crippen LogP contribution in [0.5, 0.6) is 0 Å². The van der Waals surface area contributed by atoms with E-state index < -0.39 is 30.7 Å². The Balaban J connectivity index is 0. The second kappa shape index (κ2) is 4.24. The molecule has 0 heterocycles. The number of hydrogen-bond donors (Lipinski definition) is 3. The average molecular weight is 291 g/mol. The summed E-state index contributed by atoms with van der Waals surface area (Å²) < 4.78 is 67.4. The van der Waals surface area contributed by atoms with Crippen LogP contribution in [0.1, 0.15) is 0 Å². The van der Waals surface area contributed by atoms with E-state index in [9.17, 15) is 6.70 Å². The Morgan fingerprint density at radius 3 is 1.30 bits per heavy atom. The van der Waals surface area contributed by atoms with Crippen molar-refractivity contribution in [3.05, 3.63) is 0 Å². The predicted molar refractivity (Wildman–Crippen MR) is 24.6 cm³/mol. The second-order valence-electron chi connectivity index (χ2n) is 0.885. The Labute approximate surface area is 60.5 Å². The first-order valence-electron chi connectivity index (χ1n) is 1.42. The van der Waals surface area contributed by atoms with Gasteiger partial charge in [0.2, 0.25) is 0 Å². The van der Waals surface area contributed by atoms with Gasteiger partial charge in [-0.15, -0.1) is 0 Å². The fourth-order valence-electron chi connectivity index (χ4n) is 0. The summed E-state index contributed by atoms with van der Waals surface area (Å²) in [6, 6.07) is 0. The minimum atomic E-state index is -5.85. The fraction of sp³-hybridized carbons (Fsp3) is 0. The van der Waals surface area contributed by atoms with Crippen molar-refractivity contribution in [2.45, 2.75) is 0 Å². The molecule has 0 saturated carbocycles. The van der Waals surface area contributed by atoms with E-state index in [0.717, 1.165) is 0 Å². The van der Waals surface area contributed by atoms with Gasteiger partial charge < -0.3 is 0 Å². The van der Waals surface area contributed by atoms with Crippen molar-refractivity contribution in [3.8, 4) is 0 Å². The topological polar surface area (TPSA) is 112 Å². The molecule has 0 atom stereocenters. The molecule has 10 heavy (non-hydrogen) atoms. The summed E-state index contributed by atoms with van der Waals surface area (Å²) in [5.41, 5.74) is 0. The molecule has 0 spiro atoms. The van der Waals surface area contributed by atoms with Crippen LogP contribution < -0.4 is 0 Å². The van der Waals surface area contributed by atoms with E-state index in [4.69, 9.17) is 22.8 Å². The van der Waals surface area contributed by atoms with Crippen molar-refractivity contribution in [2.75, 3.05) is 0 Å². The van der Waals surface area contributed by atoms with Crippen molar-refractivity contribution in [3.63, 3.8) is 0 Å². The van der Waals surface area contributed by atoms with Crippen molar-refractivity contribution < 1.29 is 29.5 Å². The van der Waals surface area contributed by atoms with Crippen LogP contribution in [0.4, 0.5) is 6.70 Å². The zero-order valence-electron chi connectivity index (χ0n) is 4.18. The van der Waals surface area contributed by atoms with Crippen LogP contribution in [0.2, 0.25) is 0 Å². The average Bonchev–Trinajstić information content (AvgIpc) is 1.12. The number of hydrogen-bond acceptors (Lipinski definition) is 3. The van der Waals surface area contributed by atoms with Gasteiger partial charge in [0, 0.05) is 0 Å². The normalized spacial score (nSPS) is 11.7. The first-order valence-corrected chi connectivity index (χ1v) is 7.05. The van der Waals surface area contributed by atoms with Crippen LogP contribution in [-0.4, -0.2) is 40.0 Å². The molecule has 0 aliphatic heterocycles. The van der Waals surface area contributed by atoms with Crippen LogP contribution in [-0.2, 0) is 13.5 Å². The van der Waals surface area contributed by atoms with Gasteiger partial charge >= 0.3 is 43.3 Å². The molecule has 0 fully saturated rings. The van der Waals surface area contributed by atoms with E-state index in [-0.39, 0.29) is 0 Å². The molecule has 0 aromatic rings. The summed E-state index contributed by atoms with van der Waals surface area (Å²) in [5.74, 6) is 0. The van der Waals surface area contributed by atoms with Crippen LogP contribution >= 0.6 is 0 Å². The predicted octanol–water partition coefficient (Wildman–Crippen LogP) is -1.43.